The van der Waals surface area contributed by atoms with Crippen LogP contribution >= 0.6 is 0 Å². The number of esters is 2. The first kappa shape index (κ1) is 46.5. The first-order chi connectivity index (χ1) is 29.3. The van der Waals surface area contributed by atoms with Crippen molar-refractivity contribution in [2.45, 2.75) is 118 Å². The van der Waals surface area contributed by atoms with Crippen LogP contribution in [-0.4, -0.2) is 195 Å². The summed E-state index contributed by atoms with van der Waals surface area (Å²) in [6, 6.07) is 11.7. The molecule has 0 aromatic heterocycles. The number of carbonyl (C=O) groups excluding carboxylic acids is 4. The Morgan fingerprint density at radius 2 is 1.16 bits per heavy atom. The fourth-order valence-corrected chi connectivity index (χ4v) is 7.64. The molecule has 0 spiro atoms. The predicted octanol–water partition coefficient (Wildman–Crippen LogP) is -2.65. The smallest absolute Gasteiger partial charge is 0.338 e. The van der Waals surface area contributed by atoms with Crippen molar-refractivity contribution in [3.8, 4) is 0 Å². The molecule has 8 N–H and O–H groups in total. The van der Waals surface area contributed by atoms with E-state index < -0.39 is 136 Å². The standard InChI is InChI=1S/C40H51NO20/c1-54-25(45)14-6-3-9-15-55-38-26(41-35(51)20-12-7-8-13-21(20)36(41)52)32(28(47)23(17-43)56-38)60-40-34(59-37(53)19-10-4-2-5-11-19)33(29(48)24(18-44)58-40)61-39-31(50)30(49)27(46)22(16-42)57-39/h2,4-5,7-8,10-13,22-24,26-34,38-40,42-44,46-50H,3,6,9,14-18H2,1H3/t22-,23-,24-,26-,27-,28-,29+,30+,31-,32-,33+,34-,38-,39-,40+/m1/s1. The lowest BCUT2D eigenvalue weighted by Gasteiger charge is -2.50. The topological polar surface area (TPSA) is 307 Å². The molecule has 3 saturated heterocycles. The van der Waals surface area contributed by atoms with Crippen LogP contribution in [0, 0.1) is 0 Å². The monoisotopic (exact) mass is 865 g/mol. The lowest BCUT2D eigenvalue weighted by Crippen LogP contribution is -2.69. The lowest BCUT2D eigenvalue weighted by atomic mass is 9.94. The van der Waals surface area contributed by atoms with Crippen molar-refractivity contribution in [2.75, 3.05) is 33.5 Å². The summed E-state index contributed by atoms with van der Waals surface area (Å²) >= 11 is 0. The van der Waals surface area contributed by atoms with Crippen molar-refractivity contribution in [3.05, 3.63) is 71.3 Å². The summed E-state index contributed by atoms with van der Waals surface area (Å²) in [6.45, 7) is -2.69. The average Bonchev–Trinajstić information content (AvgIpc) is 3.52. The molecule has 21 nitrogen and oxygen atoms in total. The minimum Gasteiger partial charge on any atom is -0.469 e. The molecule has 4 aliphatic heterocycles. The second-order valence-electron chi connectivity index (χ2n) is 14.8. The van der Waals surface area contributed by atoms with E-state index in [-0.39, 0.29) is 29.7 Å². The van der Waals surface area contributed by atoms with Gasteiger partial charge in [0.25, 0.3) is 11.8 Å². The third-order valence-corrected chi connectivity index (χ3v) is 11.0. The molecule has 0 unspecified atom stereocenters. The van der Waals surface area contributed by atoms with Crippen LogP contribution in [0.2, 0.25) is 0 Å². The number of aliphatic hydroxyl groups excluding tert-OH is 8. The number of benzene rings is 2. The summed E-state index contributed by atoms with van der Waals surface area (Å²) in [7, 11) is 1.27. The van der Waals surface area contributed by atoms with Gasteiger partial charge in [-0.1, -0.05) is 36.8 Å². The van der Waals surface area contributed by atoms with Crippen molar-refractivity contribution in [3.63, 3.8) is 0 Å². The van der Waals surface area contributed by atoms with Gasteiger partial charge < -0.3 is 78.7 Å². The molecule has 3 fully saturated rings. The molecule has 2 aromatic carbocycles. The second-order valence-corrected chi connectivity index (χ2v) is 14.8. The predicted molar refractivity (Wildman–Crippen MR) is 200 cm³/mol. The quantitative estimate of drug-likeness (QED) is 0.0458. The molecule has 0 aliphatic carbocycles. The van der Waals surface area contributed by atoms with E-state index in [4.69, 9.17) is 33.2 Å². The Balaban J connectivity index is 1.37. The van der Waals surface area contributed by atoms with Gasteiger partial charge in [0.15, 0.2) is 25.0 Å². The lowest BCUT2D eigenvalue weighted by molar-refractivity contribution is -0.375. The molecule has 0 saturated carbocycles. The number of rotatable bonds is 17. The van der Waals surface area contributed by atoms with Crippen LogP contribution in [0.1, 0.15) is 56.8 Å². The zero-order valence-electron chi connectivity index (χ0n) is 32.9. The molecule has 4 heterocycles. The molecule has 4 aliphatic rings. The highest BCUT2D eigenvalue weighted by molar-refractivity contribution is 6.21. The van der Waals surface area contributed by atoms with Gasteiger partial charge in [-0.25, -0.2) is 4.79 Å². The SMILES string of the molecule is COC(=O)CCCCCO[C@@H]1O[C@H](CO)[C@@H](O)[C@H](O[C@@H]2O[C@H](CO)[C@H](O)[C@H](O[C@H]3O[C@H](CO)[C@@H](O)[C@H](O)[C@H]3O)[C@H]2OC(=O)c2ccccc2)[C@H]1N1C(=O)c2ccccc2C1=O. The van der Waals surface area contributed by atoms with E-state index >= 15 is 0 Å². The first-order valence-electron chi connectivity index (χ1n) is 19.8. The third kappa shape index (κ3) is 9.95. The number of hydrogen-bond acceptors (Lipinski definition) is 20. The molecule has 21 heteroatoms. The Hall–Kier alpha value is -4.04. The van der Waals surface area contributed by atoms with E-state index in [0.717, 1.165) is 4.90 Å². The van der Waals surface area contributed by atoms with Crippen LogP contribution < -0.4 is 0 Å². The number of methoxy groups -OCH3 is 1. The largest absolute Gasteiger partial charge is 0.469 e. The molecule has 2 amide bonds. The van der Waals surface area contributed by atoms with E-state index in [0.29, 0.717) is 19.3 Å². The summed E-state index contributed by atoms with van der Waals surface area (Å²) in [4.78, 5) is 54.2. The van der Waals surface area contributed by atoms with E-state index in [1.54, 1.807) is 6.07 Å². The maximum atomic E-state index is 14.1. The summed E-state index contributed by atoms with van der Waals surface area (Å²) in [6.07, 6.45) is -23.9. The molecule has 6 rings (SSSR count). The van der Waals surface area contributed by atoms with Crippen LogP contribution in [0.3, 0.4) is 0 Å². The number of fused-ring (bicyclic) bond motifs is 1. The van der Waals surface area contributed by atoms with Gasteiger partial charge in [-0.15, -0.1) is 0 Å². The maximum Gasteiger partial charge on any atom is 0.338 e. The van der Waals surface area contributed by atoms with E-state index in [2.05, 4.69) is 4.74 Å². The molecule has 0 bridgehead atoms. The second kappa shape index (κ2) is 20.9. The van der Waals surface area contributed by atoms with Gasteiger partial charge in [-0.05, 0) is 37.1 Å². The van der Waals surface area contributed by atoms with Crippen molar-refractivity contribution < 1.29 is 97.9 Å². The number of nitrogens with zero attached hydrogens (tertiary/aromatic N) is 1. The zero-order valence-corrected chi connectivity index (χ0v) is 32.9. The number of aliphatic hydroxyl groups is 8. The number of unbranched alkanes of at least 4 members (excludes halogenated alkanes) is 2. The van der Waals surface area contributed by atoms with Crippen LogP contribution in [0.4, 0.5) is 0 Å². The molecule has 15 atom stereocenters. The van der Waals surface area contributed by atoms with Gasteiger partial charge in [0, 0.05) is 13.0 Å². The van der Waals surface area contributed by atoms with Gasteiger partial charge in [-0.3, -0.25) is 19.3 Å². The Kier molecular flexibility index (Phi) is 15.9. The minimum absolute atomic E-state index is 0.00613. The highest BCUT2D eigenvalue weighted by Gasteiger charge is 2.58. The number of ether oxygens (including phenoxy) is 8. The van der Waals surface area contributed by atoms with Crippen molar-refractivity contribution >= 4 is 23.8 Å². The van der Waals surface area contributed by atoms with Gasteiger partial charge >= 0.3 is 11.9 Å². The van der Waals surface area contributed by atoms with Crippen molar-refractivity contribution in [2.24, 2.45) is 0 Å². The van der Waals surface area contributed by atoms with Gasteiger partial charge in [0.2, 0.25) is 0 Å². The minimum atomic E-state index is -2.01. The first-order valence-corrected chi connectivity index (χ1v) is 19.8. The number of carbonyl (C=O) groups is 4. The van der Waals surface area contributed by atoms with Crippen LogP contribution in [0.15, 0.2) is 54.6 Å². The molecule has 0 radical (unpaired) electrons. The molecule has 336 valence electrons. The van der Waals surface area contributed by atoms with Gasteiger partial charge in [0.05, 0.1) is 43.6 Å². The molecular weight excluding hydrogens is 814 g/mol. The molecule has 61 heavy (non-hydrogen) atoms. The van der Waals surface area contributed by atoms with Crippen LogP contribution in [0.25, 0.3) is 0 Å². The maximum absolute atomic E-state index is 14.1. The summed E-state index contributed by atoms with van der Waals surface area (Å²) in [5.41, 5.74) is 0.000241. The van der Waals surface area contributed by atoms with Gasteiger partial charge in [0.1, 0.15) is 67.1 Å². The fourth-order valence-electron chi connectivity index (χ4n) is 7.64. The highest BCUT2D eigenvalue weighted by atomic mass is 16.8. The fraction of sp³-hybridized carbons (Fsp3) is 0.600. The Morgan fingerprint density at radius 3 is 1.77 bits per heavy atom. The number of hydrogen-bond donors (Lipinski definition) is 8. The third-order valence-electron chi connectivity index (χ3n) is 11.0. The van der Waals surface area contributed by atoms with Crippen LogP contribution in [-0.2, 0) is 42.7 Å². The Morgan fingerprint density at radius 1 is 0.623 bits per heavy atom. The zero-order chi connectivity index (χ0) is 44.0. The van der Waals surface area contributed by atoms with Crippen molar-refractivity contribution in [1.29, 1.82) is 0 Å². The summed E-state index contributed by atoms with van der Waals surface area (Å²) in [5.74, 6) is -3.09. The average molecular weight is 866 g/mol. The van der Waals surface area contributed by atoms with Gasteiger partial charge in [-0.2, -0.15) is 0 Å². The normalized spacial score (nSPS) is 35.2. The van der Waals surface area contributed by atoms with E-state index in [1.807, 2.05) is 0 Å². The molecular formula is C40H51NO20. The highest BCUT2D eigenvalue weighted by Crippen LogP contribution is 2.38. The van der Waals surface area contributed by atoms with E-state index in [9.17, 15) is 60.0 Å². The van der Waals surface area contributed by atoms with Crippen molar-refractivity contribution in [1.82, 2.24) is 4.90 Å². The number of imide groups is 1. The van der Waals surface area contributed by atoms with E-state index in [1.165, 1.54) is 55.6 Å². The van der Waals surface area contributed by atoms with Crippen LogP contribution in [0.5, 0.6) is 0 Å². The summed E-state index contributed by atoms with van der Waals surface area (Å²) in [5, 5.41) is 85.7. The number of amides is 2. The Labute approximate surface area is 348 Å². The summed E-state index contributed by atoms with van der Waals surface area (Å²) < 4.78 is 46.4. The Bertz CT molecular complexity index is 1770. The molecule has 2 aromatic rings.